The molecule has 3 aromatic rings. The fourth-order valence-electron chi connectivity index (χ4n) is 2.34. The van der Waals surface area contributed by atoms with Crippen molar-refractivity contribution in [2.75, 3.05) is 13.7 Å². The zero-order chi connectivity index (χ0) is 18.4. The molecule has 0 spiro atoms. The van der Waals surface area contributed by atoms with Gasteiger partial charge in [0.2, 0.25) is 0 Å². The third kappa shape index (κ3) is 3.99. The number of amides is 1. The Labute approximate surface area is 154 Å². The Kier molecular flexibility index (Phi) is 5.80. The molecule has 0 aliphatic heterocycles. The van der Waals surface area contributed by atoms with Gasteiger partial charge in [0.25, 0.3) is 5.91 Å². The highest BCUT2D eigenvalue weighted by Crippen LogP contribution is 2.28. The SMILES string of the molecule is CCCOc1ccc(CNC(=O)c2sccc2-n2cnnn2)cc1OC. The van der Waals surface area contributed by atoms with E-state index in [1.807, 2.05) is 30.5 Å². The maximum atomic E-state index is 12.5. The quantitative estimate of drug-likeness (QED) is 0.652. The van der Waals surface area contributed by atoms with Crippen molar-refractivity contribution in [2.45, 2.75) is 19.9 Å². The van der Waals surface area contributed by atoms with Crippen molar-refractivity contribution in [3.05, 3.63) is 46.4 Å². The smallest absolute Gasteiger partial charge is 0.263 e. The molecule has 0 saturated heterocycles. The minimum atomic E-state index is -0.184. The Bertz CT molecular complexity index is 863. The number of hydrogen-bond donors (Lipinski definition) is 1. The van der Waals surface area contributed by atoms with E-state index in [2.05, 4.69) is 20.8 Å². The van der Waals surface area contributed by atoms with Crippen LogP contribution in [0.4, 0.5) is 0 Å². The van der Waals surface area contributed by atoms with E-state index in [0.717, 1.165) is 12.0 Å². The Morgan fingerprint density at radius 3 is 2.92 bits per heavy atom. The molecule has 2 aromatic heterocycles. The van der Waals surface area contributed by atoms with E-state index >= 15 is 0 Å². The number of ether oxygens (including phenoxy) is 2. The van der Waals surface area contributed by atoms with Gasteiger partial charge in [-0.1, -0.05) is 13.0 Å². The van der Waals surface area contributed by atoms with Gasteiger partial charge < -0.3 is 14.8 Å². The van der Waals surface area contributed by atoms with Crippen molar-refractivity contribution in [3.63, 3.8) is 0 Å². The summed E-state index contributed by atoms with van der Waals surface area (Å²) in [5.41, 5.74) is 1.57. The molecule has 26 heavy (non-hydrogen) atoms. The second-order valence-electron chi connectivity index (χ2n) is 5.41. The van der Waals surface area contributed by atoms with Crippen LogP contribution in [-0.2, 0) is 6.54 Å². The van der Waals surface area contributed by atoms with Gasteiger partial charge >= 0.3 is 0 Å². The molecule has 136 valence electrons. The number of carbonyl (C=O) groups excluding carboxylic acids is 1. The molecule has 8 nitrogen and oxygen atoms in total. The maximum Gasteiger partial charge on any atom is 0.263 e. The van der Waals surface area contributed by atoms with Gasteiger partial charge in [-0.25, -0.2) is 0 Å². The van der Waals surface area contributed by atoms with Crippen LogP contribution in [0, 0.1) is 0 Å². The lowest BCUT2D eigenvalue weighted by atomic mass is 10.2. The number of nitrogens with one attached hydrogen (secondary N) is 1. The molecule has 0 aliphatic rings. The Hall–Kier alpha value is -2.94. The molecule has 0 saturated carbocycles. The average Bonchev–Trinajstić information content (AvgIpc) is 3.35. The van der Waals surface area contributed by atoms with Crippen LogP contribution in [0.15, 0.2) is 36.0 Å². The zero-order valence-corrected chi connectivity index (χ0v) is 15.3. The van der Waals surface area contributed by atoms with Crippen LogP contribution in [-0.4, -0.2) is 39.8 Å². The van der Waals surface area contributed by atoms with Gasteiger partial charge in [0, 0.05) is 6.54 Å². The number of methoxy groups -OCH3 is 1. The highest BCUT2D eigenvalue weighted by atomic mass is 32.1. The summed E-state index contributed by atoms with van der Waals surface area (Å²) < 4.78 is 12.5. The number of aromatic nitrogens is 4. The molecular formula is C17H19N5O3S. The molecule has 0 aliphatic carbocycles. The molecule has 0 atom stereocenters. The van der Waals surface area contributed by atoms with Crippen LogP contribution >= 0.6 is 11.3 Å². The lowest BCUT2D eigenvalue weighted by Gasteiger charge is -2.12. The van der Waals surface area contributed by atoms with Crippen molar-refractivity contribution >= 4 is 17.2 Å². The van der Waals surface area contributed by atoms with Gasteiger partial charge in [0.15, 0.2) is 11.5 Å². The molecule has 0 radical (unpaired) electrons. The topological polar surface area (TPSA) is 91.2 Å². The number of thiophene rings is 1. The van der Waals surface area contributed by atoms with E-state index in [1.165, 1.54) is 22.3 Å². The monoisotopic (exact) mass is 373 g/mol. The fourth-order valence-corrected chi connectivity index (χ4v) is 3.13. The third-order valence-electron chi connectivity index (χ3n) is 3.59. The molecule has 1 N–H and O–H groups in total. The van der Waals surface area contributed by atoms with E-state index < -0.39 is 0 Å². The number of carbonyl (C=O) groups is 1. The number of tetrazole rings is 1. The van der Waals surface area contributed by atoms with Gasteiger partial charge in [-0.3, -0.25) is 4.79 Å². The second kappa shape index (κ2) is 8.43. The Morgan fingerprint density at radius 1 is 1.31 bits per heavy atom. The Balaban J connectivity index is 1.68. The van der Waals surface area contributed by atoms with Gasteiger partial charge in [0.1, 0.15) is 11.2 Å². The number of hydrogen-bond acceptors (Lipinski definition) is 7. The number of benzene rings is 1. The molecule has 9 heteroatoms. The molecule has 0 unspecified atom stereocenters. The molecule has 2 heterocycles. The molecule has 0 fully saturated rings. The summed E-state index contributed by atoms with van der Waals surface area (Å²) >= 11 is 1.34. The van der Waals surface area contributed by atoms with Crippen LogP contribution in [0.1, 0.15) is 28.6 Å². The average molecular weight is 373 g/mol. The first-order chi connectivity index (χ1) is 12.7. The molecular weight excluding hydrogens is 354 g/mol. The predicted octanol–water partition coefficient (Wildman–Crippen LogP) is 2.45. The minimum absolute atomic E-state index is 0.184. The van der Waals surface area contributed by atoms with Crippen molar-refractivity contribution in [2.24, 2.45) is 0 Å². The molecule has 0 bridgehead atoms. The number of nitrogens with zero attached hydrogens (tertiary/aromatic N) is 4. The van der Waals surface area contributed by atoms with Crippen LogP contribution in [0.3, 0.4) is 0 Å². The largest absolute Gasteiger partial charge is 0.493 e. The summed E-state index contributed by atoms with van der Waals surface area (Å²) in [6.07, 6.45) is 2.38. The summed E-state index contributed by atoms with van der Waals surface area (Å²) in [5, 5.41) is 15.8. The van der Waals surface area contributed by atoms with E-state index in [-0.39, 0.29) is 5.91 Å². The highest BCUT2D eigenvalue weighted by molar-refractivity contribution is 7.12. The summed E-state index contributed by atoms with van der Waals surface area (Å²) in [4.78, 5) is 13.1. The summed E-state index contributed by atoms with van der Waals surface area (Å²) in [5.74, 6) is 1.16. The van der Waals surface area contributed by atoms with Gasteiger partial charge in [-0.15, -0.1) is 16.4 Å². The summed E-state index contributed by atoms with van der Waals surface area (Å²) in [6, 6.07) is 7.43. The van der Waals surface area contributed by atoms with Crippen molar-refractivity contribution in [1.82, 2.24) is 25.5 Å². The van der Waals surface area contributed by atoms with Crippen LogP contribution in [0.2, 0.25) is 0 Å². The number of rotatable bonds is 8. The van der Waals surface area contributed by atoms with Gasteiger partial charge in [0.05, 0.1) is 19.4 Å². The first kappa shape index (κ1) is 17.9. The van der Waals surface area contributed by atoms with Crippen molar-refractivity contribution < 1.29 is 14.3 Å². The zero-order valence-electron chi connectivity index (χ0n) is 14.5. The molecule has 3 rings (SSSR count). The van der Waals surface area contributed by atoms with Crippen molar-refractivity contribution in [1.29, 1.82) is 0 Å². The maximum absolute atomic E-state index is 12.5. The first-order valence-corrected chi connectivity index (χ1v) is 8.99. The Morgan fingerprint density at radius 2 is 2.19 bits per heavy atom. The van der Waals surface area contributed by atoms with Gasteiger partial charge in [-0.05, 0) is 46.0 Å². The lowest BCUT2D eigenvalue weighted by Crippen LogP contribution is -2.23. The normalized spacial score (nSPS) is 10.5. The van der Waals surface area contributed by atoms with Crippen LogP contribution in [0.25, 0.3) is 5.69 Å². The predicted molar refractivity (Wildman–Crippen MR) is 97.0 cm³/mol. The van der Waals surface area contributed by atoms with E-state index in [1.54, 1.807) is 13.2 Å². The third-order valence-corrected chi connectivity index (χ3v) is 4.49. The van der Waals surface area contributed by atoms with Crippen LogP contribution in [0.5, 0.6) is 11.5 Å². The second-order valence-corrected chi connectivity index (χ2v) is 6.32. The standard InChI is InChI=1S/C17H19N5O3S/c1-3-7-25-14-5-4-12(9-15(14)24-2)10-18-17(23)16-13(6-8-26-16)22-11-19-20-21-22/h4-6,8-9,11H,3,7,10H2,1-2H3,(H,18,23). The molecule has 1 amide bonds. The van der Waals surface area contributed by atoms with E-state index in [9.17, 15) is 4.79 Å². The van der Waals surface area contributed by atoms with E-state index in [0.29, 0.717) is 35.2 Å². The van der Waals surface area contributed by atoms with Crippen LogP contribution < -0.4 is 14.8 Å². The van der Waals surface area contributed by atoms with Crippen molar-refractivity contribution in [3.8, 4) is 17.2 Å². The molecule has 1 aromatic carbocycles. The first-order valence-electron chi connectivity index (χ1n) is 8.11. The van der Waals surface area contributed by atoms with E-state index in [4.69, 9.17) is 9.47 Å². The summed E-state index contributed by atoms with van der Waals surface area (Å²) in [6.45, 7) is 3.05. The minimum Gasteiger partial charge on any atom is -0.493 e. The highest BCUT2D eigenvalue weighted by Gasteiger charge is 2.15. The van der Waals surface area contributed by atoms with Gasteiger partial charge in [-0.2, -0.15) is 4.68 Å². The lowest BCUT2D eigenvalue weighted by molar-refractivity contribution is 0.0955. The summed E-state index contributed by atoms with van der Waals surface area (Å²) in [7, 11) is 1.60. The fraction of sp³-hybridized carbons (Fsp3) is 0.294.